The minimum Gasteiger partial charge on any atom is -0.477 e. The number of aliphatic carboxylic acids is 2. The molecule has 0 aliphatic carbocycles. The van der Waals surface area contributed by atoms with Crippen LogP contribution in [-0.4, -0.2) is 408 Å². The number of nitrogens with one attached hydrogen (secondary N) is 4. The largest absolute Gasteiger partial charge is 0.477 e. The third kappa shape index (κ3) is 31.5. The molecule has 0 aromatic heterocycles. The third-order valence-corrected chi connectivity index (χ3v) is 23.7. The lowest BCUT2D eigenvalue weighted by Gasteiger charge is -2.52. The summed E-state index contributed by atoms with van der Waals surface area (Å²) in [5.74, 6) is -15.1. The van der Waals surface area contributed by atoms with Crippen LogP contribution in [0, 0.1) is 0 Å². The first-order valence-corrected chi connectivity index (χ1v) is 44.4. The maximum Gasteiger partial charge on any atom is 0.364 e. The van der Waals surface area contributed by atoms with Gasteiger partial charge in [0.25, 0.3) is 11.6 Å². The minimum atomic E-state index is -3.57. The normalized spacial score (nSPS) is 35.3. The fraction of sp³-hybridized carbons (Fsp3) is 0.902. The zero-order valence-electron chi connectivity index (χ0n) is 72.3. The second-order valence-electron chi connectivity index (χ2n) is 33.6. The van der Waals surface area contributed by atoms with Crippen LogP contribution in [0.4, 0.5) is 0 Å². The monoisotopic (exact) mass is 1820 g/mol. The molecular weight excluding hydrogens is 1680 g/mol. The van der Waals surface area contributed by atoms with E-state index in [1.165, 1.54) is 89.9 Å². The summed E-state index contributed by atoms with van der Waals surface area (Å²) in [6, 6.07) is -7.04. The maximum atomic E-state index is 13.7. The second-order valence-corrected chi connectivity index (χ2v) is 33.6. The quantitative estimate of drug-likeness (QED) is 0.0199. The summed E-state index contributed by atoms with van der Waals surface area (Å²) >= 11 is 0. The Kier molecular flexibility index (Phi) is 48.6. The summed E-state index contributed by atoms with van der Waals surface area (Å²) < 4.78 is 70.4. The number of amides is 4. The van der Waals surface area contributed by atoms with Crippen LogP contribution in [0.1, 0.15) is 207 Å². The Bertz CT molecular complexity index is 3180. The number of hydrogen-bond donors (Lipinski definition) is 26. The number of carboxylic acid groups (broad SMARTS) is 2. The molecule has 0 radical (unpaired) electrons. The molecule has 0 aromatic rings. The van der Waals surface area contributed by atoms with E-state index >= 15 is 0 Å². The van der Waals surface area contributed by atoms with E-state index in [4.69, 9.17) is 56.8 Å². The zero-order chi connectivity index (χ0) is 93.1. The standard InChI is InChI=1S/C82H144N4O40/c1-5-7-9-11-13-15-17-19-21-23-25-27-29-31-46(96)45(85-55(100)32-30-28-26-24-22-20-18-16-14-12-10-8-6-2)42-115-76-66(108)65(107)70(54(40-92)119-76)121-77-67(109)73(61(103)50(36-88)116-77)122-75-59(84-44(4)95)64(106)69(53(39-91)118-75)120-78-68(110)74(62(104)51(37-89)117-78)126-82(80(113)114)34-48(98)58(86-56(101)41-93)72(125-82)63(105)52(38-90)123-81(79(111)112)33-47(97)57(83-43(3)94)71(124-81)60(102)49(99)35-87/h29,31,45-54,57-78,87-93,96-99,102-110H,5-28,30,32-42H2,1-4H3,(H,83,94)(H,84,95)(H,85,100)(H,86,101)(H,111,112)(H,113,114)/b31-29+/t45-,46+,47?,48?,49+,50?,51?,52+,53?,54?,57+,58+,59?,60+,61-,62-,63+,64+,65+,66?,67?,68?,69+,70+,71?,72?,73-,74-,75-,76+,77-,78-,81+,82-/m0/s1. The molecule has 0 spiro atoms. The van der Waals surface area contributed by atoms with Crippen molar-refractivity contribution in [2.45, 2.75) is 415 Å². The van der Waals surface area contributed by atoms with Crippen molar-refractivity contribution < 1.29 is 198 Å². The van der Waals surface area contributed by atoms with Gasteiger partial charge in [0.1, 0.15) is 141 Å². The van der Waals surface area contributed by atoms with Gasteiger partial charge in [0.15, 0.2) is 25.2 Å². The van der Waals surface area contributed by atoms with Crippen molar-refractivity contribution in [1.82, 2.24) is 21.3 Å². The molecule has 44 heteroatoms. The molecule has 6 aliphatic heterocycles. The van der Waals surface area contributed by atoms with E-state index in [0.717, 1.165) is 71.6 Å². The van der Waals surface area contributed by atoms with Gasteiger partial charge < -0.3 is 190 Å². The molecule has 44 nitrogen and oxygen atoms in total. The van der Waals surface area contributed by atoms with Crippen LogP contribution in [0.25, 0.3) is 0 Å². The molecule has 0 aromatic carbocycles. The van der Waals surface area contributed by atoms with Crippen molar-refractivity contribution in [3.05, 3.63) is 12.2 Å². The van der Waals surface area contributed by atoms with E-state index in [2.05, 4.69) is 29.8 Å². The van der Waals surface area contributed by atoms with E-state index in [0.29, 0.717) is 12.8 Å². The average molecular weight is 1830 g/mol. The molecular formula is C82H144N4O40. The lowest BCUT2D eigenvalue weighted by Crippen LogP contribution is -2.72. The van der Waals surface area contributed by atoms with Crippen LogP contribution in [0.5, 0.6) is 0 Å². The van der Waals surface area contributed by atoms with Gasteiger partial charge in [-0.15, -0.1) is 0 Å². The fourth-order valence-electron chi connectivity index (χ4n) is 16.6. The Morgan fingerprint density at radius 2 is 0.857 bits per heavy atom. The van der Waals surface area contributed by atoms with Gasteiger partial charge in [-0.25, -0.2) is 9.59 Å². The summed E-state index contributed by atoms with van der Waals surface area (Å²) in [7, 11) is 0. The van der Waals surface area contributed by atoms with Crippen LogP contribution < -0.4 is 21.3 Å². The first-order chi connectivity index (χ1) is 60.1. The highest BCUT2D eigenvalue weighted by molar-refractivity contribution is 5.79. The molecule has 26 N–H and O–H groups in total. The van der Waals surface area contributed by atoms with Gasteiger partial charge >= 0.3 is 11.9 Å². The van der Waals surface area contributed by atoms with Gasteiger partial charge in [0, 0.05) is 33.1 Å². The van der Waals surface area contributed by atoms with Crippen molar-refractivity contribution in [2.24, 2.45) is 0 Å². The number of aliphatic hydroxyl groups is 20. The highest BCUT2D eigenvalue weighted by Crippen LogP contribution is 2.42. The maximum absolute atomic E-state index is 13.7. The van der Waals surface area contributed by atoms with Crippen LogP contribution in [0.3, 0.4) is 0 Å². The topological polar surface area (TPSA) is 706 Å². The van der Waals surface area contributed by atoms with E-state index in [1.807, 2.05) is 11.4 Å². The van der Waals surface area contributed by atoms with Gasteiger partial charge in [-0.1, -0.05) is 167 Å². The van der Waals surface area contributed by atoms with Crippen LogP contribution >= 0.6 is 0 Å². The van der Waals surface area contributed by atoms with Crippen molar-refractivity contribution >= 4 is 35.6 Å². The lowest BCUT2D eigenvalue weighted by atomic mass is 9.87. The predicted octanol–water partition coefficient (Wildman–Crippen LogP) is -5.68. The summed E-state index contributed by atoms with van der Waals surface area (Å²) in [5.41, 5.74) is 0. The SMILES string of the molecule is CCCCCCCCCCCCC/C=C/[C@@H](O)[C@H](CO[C@@H]1OC(CO)[C@@H](O[C@@H]2OC(CO)[C@H](O)[C@H](O[C@@H]3OC(CO)[C@@H](O[C@@H]4OC(CO)[C@H](O)[C@H](O[C@]5(C(=O)O)CC(O)[C@@H](NC(=O)CO)C([C@H](O)[C@@H](CO)O[C@]6(C(=O)O)CC(O)[C@@H](NC(C)=O)C([C@H](O)[C@H](O)CO)O6)O5)C4O)[C@H](O)C3NC(C)=O)C2O)[C@H](O)C1O)NC(=O)CCCCCCCCCCCCCCC. The molecule has 6 aliphatic rings. The predicted molar refractivity (Wildman–Crippen MR) is 432 cm³/mol. The fourth-order valence-corrected chi connectivity index (χ4v) is 16.6. The van der Waals surface area contributed by atoms with Gasteiger partial charge in [-0.3, -0.25) is 19.2 Å². The molecule has 6 fully saturated rings. The number of hydrogen-bond acceptors (Lipinski definition) is 38. The Labute approximate surface area is 732 Å². The number of ether oxygens (including phenoxy) is 12. The molecule has 12 unspecified atom stereocenters. The van der Waals surface area contributed by atoms with Gasteiger partial charge in [-0.2, -0.15) is 0 Å². The Hall–Kier alpha value is -4.72. The van der Waals surface area contributed by atoms with Crippen molar-refractivity contribution in [3.8, 4) is 0 Å². The molecule has 6 rings (SSSR count). The van der Waals surface area contributed by atoms with Crippen LogP contribution in [0.15, 0.2) is 12.2 Å². The van der Waals surface area contributed by atoms with E-state index in [-0.39, 0.29) is 12.3 Å². The Balaban J connectivity index is 1.17. The molecule has 732 valence electrons. The lowest BCUT2D eigenvalue weighted by molar-refractivity contribution is -0.391. The average Bonchev–Trinajstić information content (AvgIpc) is 0.739. The van der Waals surface area contributed by atoms with Gasteiger partial charge in [0.05, 0.1) is 82.7 Å². The third-order valence-electron chi connectivity index (χ3n) is 23.7. The number of allylic oxidation sites excluding steroid dienone is 1. The first kappa shape index (κ1) is 110. The molecule has 34 atom stereocenters. The molecule has 126 heavy (non-hydrogen) atoms. The zero-order valence-corrected chi connectivity index (χ0v) is 72.3. The summed E-state index contributed by atoms with van der Waals surface area (Å²) in [6.07, 6.45) is -32.5. The van der Waals surface area contributed by atoms with Crippen molar-refractivity contribution in [1.29, 1.82) is 0 Å². The molecule has 0 saturated carbocycles. The van der Waals surface area contributed by atoms with Crippen molar-refractivity contribution in [2.75, 3.05) is 52.9 Å². The van der Waals surface area contributed by atoms with Crippen LogP contribution in [0.2, 0.25) is 0 Å². The summed E-state index contributed by atoms with van der Waals surface area (Å²) in [5, 5.41) is 256. The number of aliphatic hydroxyl groups excluding tert-OH is 20. The molecule has 6 heterocycles. The Morgan fingerprint density at radius 1 is 0.437 bits per heavy atom. The molecule has 6 saturated heterocycles. The highest BCUT2D eigenvalue weighted by Gasteiger charge is 2.64. The highest BCUT2D eigenvalue weighted by atomic mass is 16.8. The number of unbranched alkanes of at least 4 members (excludes halogenated alkanes) is 23. The minimum absolute atomic E-state index is 0.142. The summed E-state index contributed by atoms with van der Waals surface area (Å²) in [4.78, 5) is 78.6. The van der Waals surface area contributed by atoms with E-state index < -0.39 is 303 Å². The smallest absolute Gasteiger partial charge is 0.364 e. The second kappa shape index (κ2) is 55.7. The number of rotatable bonds is 58. The number of carbonyl (C=O) groups is 6. The Morgan fingerprint density at radius 3 is 1.33 bits per heavy atom. The summed E-state index contributed by atoms with van der Waals surface area (Å²) in [6.45, 7) is -2.94. The van der Waals surface area contributed by atoms with E-state index in [9.17, 15) is 141 Å². The first-order valence-electron chi connectivity index (χ1n) is 44.4. The van der Waals surface area contributed by atoms with Gasteiger partial charge in [-0.05, 0) is 19.3 Å². The van der Waals surface area contributed by atoms with Gasteiger partial charge in [0.2, 0.25) is 23.6 Å². The van der Waals surface area contributed by atoms with Crippen LogP contribution in [-0.2, 0) is 85.6 Å². The number of carbonyl (C=O) groups excluding carboxylic acids is 4. The molecule has 0 bridgehead atoms. The molecule has 4 amide bonds. The number of carboxylic acids is 2. The van der Waals surface area contributed by atoms with Crippen molar-refractivity contribution in [3.63, 3.8) is 0 Å². The van der Waals surface area contributed by atoms with E-state index in [1.54, 1.807) is 6.08 Å².